The van der Waals surface area contributed by atoms with Gasteiger partial charge in [-0.05, 0) is 41.8 Å². The van der Waals surface area contributed by atoms with Gasteiger partial charge in [-0.15, -0.1) is 0 Å². The molecule has 5 heterocycles. The van der Waals surface area contributed by atoms with Gasteiger partial charge in [0.1, 0.15) is 23.8 Å². The van der Waals surface area contributed by atoms with E-state index in [1.807, 2.05) is 54.2 Å². The smallest absolute Gasteiger partial charge is 0.270 e. The van der Waals surface area contributed by atoms with Crippen LogP contribution in [0.25, 0.3) is 11.1 Å². The Morgan fingerprint density at radius 2 is 2.03 bits per heavy atom. The molecule has 0 bridgehead atoms. The first kappa shape index (κ1) is 23.2. The van der Waals surface area contributed by atoms with Crippen LogP contribution in [-0.4, -0.2) is 72.6 Å². The van der Waals surface area contributed by atoms with E-state index in [1.165, 1.54) is 4.90 Å². The zero-order chi connectivity index (χ0) is 25.5. The minimum Gasteiger partial charge on any atom is -0.388 e. The van der Waals surface area contributed by atoms with Gasteiger partial charge in [-0.25, -0.2) is 9.37 Å². The summed E-state index contributed by atoms with van der Waals surface area (Å²) < 4.78 is 15.6. The van der Waals surface area contributed by atoms with Crippen molar-refractivity contribution < 1.29 is 14.3 Å². The Bertz CT molecular complexity index is 1410. The lowest BCUT2D eigenvalue weighted by atomic mass is 10.1. The highest BCUT2D eigenvalue weighted by Crippen LogP contribution is 2.28. The fourth-order valence-corrected chi connectivity index (χ4v) is 4.97. The van der Waals surface area contributed by atoms with Crippen molar-refractivity contribution in [2.24, 2.45) is 7.05 Å². The number of fused-ring (bicyclic) bond motifs is 1. The van der Waals surface area contributed by atoms with E-state index in [0.29, 0.717) is 30.5 Å². The van der Waals surface area contributed by atoms with Crippen molar-refractivity contribution in [1.82, 2.24) is 29.6 Å². The number of nitrogens with one attached hydrogen (secondary N) is 2. The van der Waals surface area contributed by atoms with Gasteiger partial charge in [-0.2, -0.15) is 10.1 Å². The number of β-amino-alcohol motifs (C(OH)–C–C–N with tert-alkyl or cyclic N) is 1. The quantitative estimate of drug-likeness (QED) is 0.384. The van der Waals surface area contributed by atoms with Gasteiger partial charge in [0, 0.05) is 49.5 Å². The highest BCUT2D eigenvalue weighted by molar-refractivity contribution is 5.93. The fourth-order valence-electron chi connectivity index (χ4n) is 4.97. The standard InChI is InChI=1S/C26H27FN8O2/c1-33-21(25(37)35-13-20(27)23(36)15-35)10-17-7-9-34(14-22(17)33)26-28-8-6-24(32-26)31-19-4-2-16(3-5-19)18-11-29-30-12-18/h2-6,8,10-12,20,23,36H,7,9,13-15H2,1H3,(H,29,30)(H,28,31,32)/t20-,23+/m0/s1. The monoisotopic (exact) mass is 502 g/mol. The number of aliphatic hydroxyl groups excluding tert-OH is 1. The van der Waals surface area contributed by atoms with Crippen LogP contribution in [0.5, 0.6) is 0 Å². The summed E-state index contributed by atoms with van der Waals surface area (Å²) in [7, 11) is 1.85. The van der Waals surface area contributed by atoms with Crippen molar-refractivity contribution in [3.8, 4) is 11.1 Å². The molecule has 2 atom stereocenters. The molecule has 10 nitrogen and oxygen atoms in total. The number of aromatic amines is 1. The van der Waals surface area contributed by atoms with Crippen LogP contribution in [0.3, 0.4) is 0 Å². The maximum Gasteiger partial charge on any atom is 0.270 e. The predicted molar refractivity (Wildman–Crippen MR) is 136 cm³/mol. The number of H-pyrrole nitrogens is 1. The molecule has 2 aliphatic rings. The van der Waals surface area contributed by atoms with Gasteiger partial charge in [0.05, 0.1) is 19.3 Å². The van der Waals surface area contributed by atoms with E-state index in [2.05, 4.69) is 25.4 Å². The minimum absolute atomic E-state index is 0.0155. The highest BCUT2D eigenvalue weighted by atomic mass is 19.1. The van der Waals surface area contributed by atoms with Crippen molar-refractivity contribution >= 4 is 23.4 Å². The van der Waals surface area contributed by atoms with Crippen LogP contribution in [0.4, 0.5) is 21.8 Å². The van der Waals surface area contributed by atoms with E-state index < -0.39 is 12.3 Å². The number of anilines is 3. The second-order valence-corrected chi connectivity index (χ2v) is 9.46. The Kier molecular flexibility index (Phi) is 5.84. The summed E-state index contributed by atoms with van der Waals surface area (Å²) in [5.41, 5.74) is 5.59. The molecule has 0 unspecified atom stereocenters. The van der Waals surface area contributed by atoms with E-state index in [0.717, 1.165) is 34.5 Å². The molecule has 37 heavy (non-hydrogen) atoms. The molecular weight excluding hydrogens is 475 g/mol. The third kappa shape index (κ3) is 4.42. The van der Waals surface area contributed by atoms with Crippen LogP contribution >= 0.6 is 0 Å². The zero-order valence-electron chi connectivity index (χ0n) is 20.3. The topological polar surface area (TPSA) is 115 Å². The van der Waals surface area contributed by atoms with Crippen molar-refractivity contribution in [3.05, 3.63) is 71.9 Å². The normalized spacial score (nSPS) is 19.2. The lowest BCUT2D eigenvalue weighted by molar-refractivity contribution is 0.0754. The van der Waals surface area contributed by atoms with Gasteiger partial charge in [-0.3, -0.25) is 9.89 Å². The average Bonchev–Trinajstić information content (AvgIpc) is 3.64. The molecule has 1 amide bonds. The van der Waals surface area contributed by atoms with Gasteiger partial charge >= 0.3 is 0 Å². The molecular formula is C26H27FN8O2. The van der Waals surface area contributed by atoms with Gasteiger partial charge in [0.25, 0.3) is 5.91 Å². The molecule has 0 aliphatic carbocycles. The van der Waals surface area contributed by atoms with E-state index >= 15 is 0 Å². The molecule has 1 saturated heterocycles. The van der Waals surface area contributed by atoms with Crippen LogP contribution < -0.4 is 10.2 Å². The molecule has 6 rings (SSSR count). The molecule has 1 fully saturated rings. The first-order chi connectivity index (χ1) is 18.0. The number of benzene rings is 1. The van der Waals surface area contributed by atoms with Crippen LogP contribution in [0, 0.1) is 0 Å². The zero-order valence-corrected chi connectivity index (χ0v) is 20.3. The lowest BCUT2D eigenvalue weighted by Gasteiger charge is -2.28. The van der Waals surface area contributed by atoms with E-state index in [1.54, 1.807) is 12.4 Å². The Morgan fingerprint density at radius 3 is 2.76 bits per heavy atom. The number of amides is 1. The molecule has 1 aromatic carbocycles. The summed E-state index contributed by atoms with van der Waals surface area (Å²) in [4.78, 5) is 25.7. The fraction of sp³-hybridized carbons (Fsp3) is 0.308. The molecule has 3 N–H and O–H groups in total. The first-order valence-electron chi connectivity index (χ1n) is 12.2. The van der Waals surface area contributed by atoms with E-state index in [4.69, 9.17) is 4.98 Å². The maximum atomic E-state index is 13.8. The van der Waals surface area contributed by atoms with Crippen LogP contribution in [0.15, 0.2) is 55.0 Å². The second-order valence-electron chi connectivity index (χ2n) is 9.46. The Hall–Kier alpha value is -4.25. The van der Waals surface area contributed by atoms with Crippen LogP contribution in [0.2, 0.25) is 0 Å². The highest BCUT2D eigenvalue weighted by Gasteiger charge is 2.36. The predicted octanol–water partition coefficient (Wildman–Crippen LogP) is 2.67. The average molecular weight is 503 g/mol. The second kappa shape index (κ2) is 9.32. The summed E-state index contributed by atoms with van der Waals surface area (Å²) in [6.07, 6.45) is 3.58. The van der Waals surface area contributed by atoms with Crippen molar-refractivity contribution in [2.75, 3.05) is 29.9 Å². The third-order valence-electron chi connectivity index (χ3n) is 7.08. The molecule has 2 aliphatic heterocycles. The summed E-state index contributed by atoms with van der Waals surface area (Å²) in [5, 5.41) is 19.9. The lowest BCUT2D eigenvalue weighted by Crippen LogP contribution is -2.33. The summed E-state index contributed by atoms with van der Waals surface area (Å²) in [6, 6.07) is 11.7. The summed E-state index contributed by atoms with van der Waals surface area (Å²) in [5.74, 6) is 1.02. The minimum atomic E-state index is -1.40. The molecule has 11 heteroatoms. The number of rotatable bonds is 5. The molecule has 0 spiro atoms. The SMILES string of the molecule is Cn1c(C(=O)N2C[C@@H](O)[C@@H](F)C2)cc2c1CN(c1nccc(Nc3ccc(-c4cn[nH]c4)cc3)n1)CC2. The number of carbonyl (C=O) groups excluding carboxylic acids is 1. The van der Waals surface area contributed by atoms with Crippen molar-refractivity contribution in [2.45, 2.75) is 25.2 Å². The number of nitrogens with zero attached hydrogens (tertiary/aromatic N) is 6. The van der Waals surface area contributed by atoms with Crippen LogP contribution in [0.1, 0.15) is 21.7 Å². The van der Waals surface area contributed by atoms with Gasteiger partial charge in [0.2, 0.25) is 5.95 Å². The number of likely N-dealkylation sites (tertiary alicyclic amines) is 1. The van der Waals surface area contributed by atoms with Crippen molar-refractivity contribution in [3.63, 3.8) is 0 Å². The van der Waals surface area contributed by atoms with E-state index in [9.17, 15) is 14.3 Å². The largest absolute Gasteiger partial charge is 0.388 e. The number of alkyl halides is 1. The molecule has 4 aromatic rings. The number of aromatic nitrogens is 5. The number of hydrogen-bond donors (Lipinski definition) is 3. The number of carbonyl (C=O) groups is 1. The number of halogens is 1. The number of hydrogen-bond acceptors (Lipinski definition) is 7. The van der Waals surface area contributed by atoms with Gasteiger partial charge in [0.15, 0.2) is 0 Å². The first-order valence-corrected chi connectivity index (χ1v) is 12.2. The van der Waals surface area contributed by atoms with Crippen LogP contribution in [-0.2, 0) is 20.0 Å². The molecule has 0 radical (unpaired) electrons. The Morgan fingerprint density at radius 1 is 1.19 bits per heavy atom. The van der Waals surface area contributed by atoms with Gasteiger partial charge < -0.3 is 24.8 Å². The molecule has 190 valence electrons. The Labute approximate surface area is 212 Å². The molecule has 3 aromatic heterocycles. The number of aliphatic hydroxyl groups is 1. The third-order valence-corrected chi connectivity index (χ3v) is 7.08. The van der Waals surface area contributed by atoms with Crippen molar-refractivity contribution in [1.29, 1.82) is 0 Å². The summed E-state index contributed by atoms with van der Waals surface area (Å²) >= 11 is 0. The van der Waals surface area contributed by atoms with E-state index in [-0.39, 0.29) is 19.0 Å². The Balaban J connectivity index is 1.16. The summed E-state index contributed by atoms with van der Waals surface area (Å²) in [6.45, 7) is 1.20. The van der Waals surface area contributed by atoms with Gasteiger partial charge in [-0.1, -0.05) is 12.1 Å². The molecule has 0 saturated carbocycles. The maximum absolute atomic E-state index is 13.8.